The molecule has 2 aromatic carbocycles. The lowest BCUT2D eigenvalue weighted by Gasteiger charge is -2.11. The maximum Gasteiger partial charge on any atom is 0.196 e. The predicted octanol–water partition coefficient (Wildman–Crippen LogP) is 3.82. The van der Waals surface area contributed by atoms with Crippen LogP contribution in [-0.2, 0) is 0 Å². The fraction of sp³-hybridized carbons (Fsp3) is 0.133. The lowest BCUT2D eigenvalue weighted by atomic mass is 10.0. The van der Waals surface area contributed by atoms with Crippen molar-refractivity contribution in [2.75, 3.05) is 20.0 Å². The van der Waals surface area contributed by atoms with E-state index >= 15 is 0 Å². The molecule has 2 N–H and O–H groups in total. The number of ketones is 1. The summed E-state index contributed by atoms with van der Waals surface area (Å²) in [6.45, 7) is 0. The van der Waals surface area contributed by atoms with Crippen molar-refractivity contribution < 1.29 is 14.3 Å². The monoisotopic (exact) mass is 325 g/mol. The zero-order valence-corrected chi connectivity index (χ0v) is 13.0. The lowest BCUT2D eigenvalue weighted by molar-refractivity contribution is 0.103. The van der Waals surface area contributed by atoms with E-state index in [-0.39, 0.29) is 16.4 Å². The molecule has 0 radical (unpaired) electrons. The summed E-state index contributed by atoms with van der Waals surface area (Å²) in [5, 5.41) is 0.537. The number of hydrogen-bond acceptors (Lipinski definition) is 4. The van der Waals surface area contributed by atoms with Crippen LogP contribution < -0.4 is 15.2 Å². The highest BCUT2D eigenvalue weighted by atomic mass is 35.5. The number of nitrogen functional groups attached to an aromatic ring is 1. The quantitative estimate of drug-likeness (QED) is 0.685. The zero-order chi connectivity index (χ0) is 15.6. The standard InChI is InChI=1S/C15H13Cl2NO3/c1-20-8-3-4-13(18)10(5-8)15(19)9-6-12(17)14(21-2)7-11(9)16/h3-7H,18H2,1-2H3. The van der Waals surface area contributed by atoms with Crippen LogP contribution in [0.25, 0.3) is 0 Å². The second-order valence-electron chi connectivity index (χ2n) is 4.25. The predicted molar refractivity (Wildman–Crippen MR) is 83.9 cm³/mol. The molecule has 2 aromatic rings. The first-order valence-electron chi connectivity index (χ1n) is 5.99. The highest BCUT2D eigenvalue weighted by Crippen LogP contribution is 2.33. The van der Waals surface area contributed by atoms with Gasteiger partial charge in [-0.25, -0.2) is 0 Å². The molecule has 0 bridgehead atoms. The average molecular weight is 326 g/mol. The molecule has 0 saturated heterocycles. The molecule has 0 saturated carbocycles. The molecule has 6 heteroatoms. The van der Waals surface area contributed by atoms with E-state index in [0.29, 0.717) is 27.8 Å². The Hall–Kier alpha value is -1.91. The first-order valence-corrected chi connectivity index (χ1v) is 6.74. The molecule has 2 rings (SSSR count). The number of nitrogens with two attached hydrogens (primary N) is 1. The van der Waals surface area contributed by atoms with Gasteiger partial charge in [0.05, 0.1) is 24.3 Å². The smallest absolute Gasteiger partial charge is 0.196 e. The number of hydrogen-bond donors (Lipinski definition) is 1. The molecule has 0 unspecified atom stereocenters. The zero-order valence-electron chi connectivity index (χ0n) is 11.4. The summed E-state index contributed by atoms with van der Waals surface area (Å²) < 4.78 is 10.2. The van der Waals surface area contributed by atoms with Gasteiger partial charge < -0.3 is 15.2 Å². The van der Waals surface area contributed by atoms with Crippen LogP contribution in [0.5, 0.6) is 11.5 Å². The van der Waals surface area contributed by atoms with Gasteiger partial charge in [-0.05, 0) is 24.3 Å². The van der Waals surface area contributed by atoms with Crippen LogP contribution >= 0.6 is 23.2 Å². The van der Waals surface area contributed by atoms with Gasteiger partial charge in [-0.1, -0.05) is 23.2 Å². The Morgan fingerprint density at radius 3 is 2.33 bits per heavy atom. The van der Waals surface area contributed by atoms with Crippen LogP contribution in [0.2, 0.25) is 10.0 Å². The molecule has 0 heterocycles. The number of methoxy groups -OCH3 is 2. The number of rotatable bonds is 4. The summed E-state index contributed by atoms with van der Waals surface area (Å²) in [5.74, 6) is 0.598. The third kappa shape index (κ3) is 3.06. The van der Waals surface area contributed by atoms with E-state index < -0.39 is 0 Å². The molecule has 0 aliphatic rings. The Bertz CT molecular complexity index is 702. The number of ether oxygens (including phenoxy) is 2. The van der Waals surface area contributed by atoms with Crippen molar-refractivity contribution in [3.63, 3.8) is 0 Å². The van der Waals surface area contributed by atoms with Crippen LogP contribution in [0.3, 0.4) is 0 Å². The molecule has 0 amide bonds. The van der Waals surface area contributed by atoms with E-state index in [0.717, 1.165) is 0 Å². The molecule has 0 fully saturated rings. The maximum atomic E-state index is 12.6. The molecular formula is C15H13Cl2NO3. The van der Waals surface area contributed by atoms with Gasteiger partial charge in [-0.2, -0.15) is 0 Å². The Labute approximate surface area is 132 Å². The van der Waals surface area contributed by atoms with Crippen LogP contribution in [0.15, 0.2) is 30.3 Å². The topological polar surface area (TPSA) is 61.5 Å². The van der Waals surface area contributed by atoms with Gasteiger partial charge in [0.25, 0.3) is 0 Å². The van der Waals surface area contributed by atoms with Gasteiger partial charge in [0, 0.05) is 22.9 Å². The summed E-state index contributed by atoms with van der Waals surface area (Å²) in [7, 11) is 2.98. The maximum absolute atomic E-state index is 12.6. The minimum absolute atomic E-state index is 0.239. The molecule has 0 spiro atoms. The summed E-state index contributed by atoms with van der Waals surface area (Å²) in [4.78, 5) is 12.6. The lowest BCUT2D eigenvalue weighted by Crippen LogP contribution is -2.07. The first-order chi connectivity index (χ1) is 9.97. The molecule has 0 aliphatic carbocycles. The van der Waals surface area contributed by atoms with Gasteiger partial charge >= 0.3 is 0 Å². The van der Waals surface area contributed by atoms with E-state index in [1.165, 1.54) is 26.4 Å². The van der Waals surface area contributed by atoms with Crippen LogP contribution in [0.4, 0.5) is 5.69 Å². The number of carbonyl (C=O) groups is 1. The largest absolute Gasteiger partial charge is 0.497 e. The van der Waals surface area contributed by atoms with E-state index in [9.17, 15) is 4.79 Å². The van der Waals surface area contributed by atoms with Gasteiger partial charge in [0.2, 0.25) is 0 Å². The van der Waals surface area contributed by atoms with E-state index in [4.69, 9.17) is 38.4 Å². The first kappa shape index (κ1) is 15.5. The molecule has 110 valence electrons. The highest BCUT2D eigenvalue weighted by Gasteiger charge is 2.18. The van der Waals surface area contributed by atoms with Crippen molar-refractivity contribution in [1.82, 2.24) is 0 Å². The van der Waals surface area contributed by atoms with Crippen LogP contribution in [0, 0.1) is 0 Å². The van der Waals surface area contributed by atoms with Gasteiger partial charge in [0.1, 0.15) is 11.5 Å². The summed E-state index contributed by atoms with van der Waals surface area (Å²) >= 11 is 12.2. The molecule has 0 aromatic heterocycles. The fourth-order valence-electron chi connectivity index (χ4n) is 1.86. The third-order valence-corrected chi connectivity index (χ3v) is 3.60. The normalized spacial score (nSPS) is 10.3. The van der Waals surface area contributed by atoms with Gasteiger partial charge in [-0.3, -0.25) is 4.79 Å². The van der Waals surface area contributed by atoms with Crippen molar-refractivity contribution in [1.29, 1.82) is 0 Å². The van der Waals surface area contributed by atoms with Gasteiger partial charge in [-0.15, -0.1) is 0 Å². The number of halogens is 2. The summed E-state index contributed by atoms with van der Waals surface area (Å²) in [6.07, 6.45) is 0. The third-order valence-electron chi connectivity index (χ3n) is 2.99. The van der Waals surface area contributed by atoms with Crippen LogP contribution in [0.1, 0.15) is 15.9 Å². The molecule has 0 atom stereocenters. The van der Waals surface area contributed by atoms with E-state index in [1.807, 2.05) is 0 Å². The highest BCUT2D eigenvalue weighted by molar-refractivity contribution is 6.37. The second kappa shape index (κ2) is 6.24. The number of carbonyl (C=O) groups excluding carboxylic acids is 1. The molecule has 0 aliphatic heterocycles. The SMILES string of the molecule is COc1ccc(N)c(C(=O)c2cc(Cl)c(OC)cc2Cl)c1. The molecule has 4 nitrogen and oxygen atoms in total. The summed E-state index contributed by atoms with van der Waals surface area (Å²) in [6, 6.07) is 7.80. The van der Waals surface area contributed by atoms with Crippen molar-refractivity contribution >= 4 is 34.7 Å². The Morgan fingerprint density at radius 2 is 1.71 bits per heavy atom. The second-order valence-corrected chi connectivity index (χ2v) is 5.06. The van der Waals surface area contributed by atoms with E-state index in [2.05, 4.69) is 0 Å². The summed E-state index contributed by atoms with van der Waals surface area (Å²) in [5.41, 5.74) is 6.74. The van der Waals surface area contributed by atoms with Crippen molar-refractivity contribution in [2.45, 2.75) is 0 Å². The Morgan fingerprint density at radius 1 is 1.00 bits per heavy atom. The van der Waals surface area contributed by atoms with Crippen molar-refractivity contribution in [3.05, 3.63) is 51.5 Å². The average Bonchev–Trinajstić information content (AvgIpc) is 2.49. The fourth-order valence-corrected chi connectivity index (χ4v) is 2.34. The Kier molecular flexibility index (Phi) is 4.60. The molecule has 21 heavy (non-hydrogen) atoms. The van der Waals surface area contributed by atoms with Crippen molar-refractivity contribution in [3.8, 4) is 11.5 Å². The van der Waals surface area contributed by atoms with Gasteiger partial charge in [0.15, 0.2) is 5.78 Å². The minimum atomic E-state index is -0.332. The minimum Gasteiger partial charge on any atom is -0.497 e. The van der Waals surface area contributed by atoms with E-state index in [1.54, 1.807) is 18.2 Å². The number of benzene rings is 2. The van der Waals surface area contributed by atoms with Crippen molar-refractivity contribution in [2.24, 2.45) is 0 Å². The Balaban J connectivity index is 2.52. The number of anilines is 1. The van der Waals surface area contributed by atoms with Crippen LogP contribution in [-0.4, -0.2) is 20.0 Å². The molecular weight excluding hydrogens is 313 g/mol.